The Labute approximate surface area is 99.6 Å². The van der Waals surface area contributed by atoms with E-state index >= 15 is 0 Å². The molecule has 5 nitrogen and oxygen atoms in total. The van der Waals surface area contributed by atoms with Gasteiger partial charge >= 0.3 is 0 Å². The van der Waals surface area contributed by atoms with Crippen LogP contribution in [-0.2, 0) is 13.0 Å². The highest BCUT2D eigenvalue weighted by atomic mass is 16.5. The molecule has 2 N–H and O–H groups in total. The first-order valence-electron chi connectivity index (χ1n) is 5.49. The highest BCUT2D eigenvalue weighted by Crippen LogP contribution is 2.13. The Bertz CT molecular complexity index is 465. The minimum absolute atomic E-state index is 0.313. The molecule has 1 heterocycles. The Morgan fingerprint density at radius 3 is 2.65 bits per heavy atom. The lowest BCUT2D eigenvalue weighted by Gasteiger charge is -2.04. The van der Waals surface area contributed by atoms with E-state index in [9.17, 15) is 0 Å². The van der Waals surface area contributed by atoms with Crippen LogP contribution < -0.4 is 10.5 Å². The van der Waals surface area contributed by atoms with Crippen LogP contribution in [0.1, 0.15) is 17.3 Å². The standard InChI is InChI=1S/C12H15N3O2/c1-9-14-12(15-17-9)8-16-11-4-2-10(3-5-11)6-7-13/h2-5H,6-8,13H2,1H3. The van der Waals surface area contributed by atoms with Gasteiger partial charge < -0.3 is 15.0 Å². The zero-order valence-corrected chi connectivity index (χ0v) is 9.72. The van der Waals surface area contributed by atoms with E-state index in [0.29, 0.717) is 24.9 Å². The molecule has 0 bridgehead atoms. The third-order valence-corrected chi connectivity index (χ3v) is 2.29. The van der Waals surface area contributed by atoms with Crippen LogP contribution in [0.5, 0.6) is 5.75 Å². The fourth-order valence-corrected chi connectivity index (χ4v) is 1.47. The molecule has 90 valence electrons. The van der Waals surface area contributed by atoms with Gasteiger partial charge in [0, 0.05) is 6.92 Å². The molecule has 2 aromatic rings. The lowest BCUT2D eigenvalue weighted by molar-refractivity contribution is 0.285. The number of hydrogen-bond donors (Lipinski definition) is 1. The van der Waals surface area contributed by atoms with E-state index in [4.69, 9.17) is 15.0 Å². The van der Waals surface area contributed by atoms with Crippen LogP contribution in [0.3, 0.4) is 0 Å². The van der Waals surface area contributed by atoms with Crippen LogP contribution in [0.25, 0.3) is 0 Å². The molecule has 0 saturated heterocycles. The summed E-state index contributed by atoms with van der Waals surface area (Å²) in [5, 5.41) is 3.75. The summed E-state index contributed by atoms with van der Waals surface area (Å²) in [5.41, 5.74) is 6.68. The van der Waals surface area contributed by atoms with E-state index in [2.05, 4.69) is 10.1 Å². The van der Waals surface area contributed by atoms with Gasteiger partial charge in [0.05, 0.1) is 0 Å². The lowest BCUT2D eigenvalue weighted by Crippen LogP contribution is -2.02. The molecule has 1 aromatic heterocycles. The Morgan fingerprint density at radius 2 is 2.06 bits per heavy atom. The zero-order chi connectivity index (χ0) is 12.1. The average Bonchev–Trinajstić information content (AvgIpc) is 2.75. The molecular formula is C12H15N3O2. The third kappa shape index (κ3) is 3.29. The minimum atomic E-state index is 0.313. The molecule has 0 spiro atoms. The molecule has 0 saturated carbocycles. The Balaban J connectivity index is 1.90. The van der Waals surface area contributed by atoms with Gasteiger partial charge in [-0.2, -0.15) is 4.98 Å². The SMILES string of the molecule is Cc1nc(COc2ccc(CCN)cc2)no1. The molecule has 0 fully saturated rings. The van der Waals surface area contributed by atoms with Gasteiger partial charge in [-0.05, 0) is 30.7 Å². The summed E-state index contributed by atoms with van der Waals surface area (Å²) < 4.78 is 10.4. The number of hydrogen-bond acceptors (Lipinski definition) is 5. The molecule has 17 heavy (non-hydrogen) atoms. The summed E-state index contributed by atoms with van der Waals surface area (Å²) in [4.78, 5) is 4.05. The largest absolute Gasteiger partial charge is 0.485 e. The van der Waals surface area contributed by atoms with E-state index in [1.165, 1.54) is 5.56 Å². The van der Waals surface area contributed by atoms with E-state index in [-0.39, 0.29) is 0 Å². The van der Waals surface area contributed by atoms with Crippen molar-refractivity contribution in [3.05, 3.63) is 41.5 Å². The fourth-order valence-electron chi connectivity index (χ4n) is 1.47. The van der Waals surface area contributed by atoms with Crippen molar-refractivity contribution in [3.63, 3.8) is 0 Å². The molecule has 0 atom stereocenters. The van der Waals surface area contributed by atoms with Gasteiger partial charge in [-0.15, -0.1) is 0 Å². The predicted molar refractivity (Wildman–Crippen MR) is 62.6 cm³/mol. The quantitative estimate of drug-likeness (QED) is 0.846. The number of nitrogens with two attached hydrogens (primary N) is 1. The van der Waals surface area contributed by atoms with Gasteiger partial charge in [0.15, 0.2) is 6.61 Å². The molecule has 5 heteroatoms. The monoisotopic (exact) mass is 233 g/mol. The van der Waals surface area contributed by atoms with Crippen LogP contribution in [0, 0.1) is 6.92 Å². The van der Waals surface area contributed by atoms with Crippen molar-refractivity contribution >= 4 is 0 Å². The van der Waals surface area contributed by atoms with E-state index in [0.717, 1.165) is 12.2 Å². The molecule has 1 aromatic carbocycles. The van der Waals surface area contributed by atoms with Gasteiger partial charge in [-0.3, -0.25) is 0 Å². The van der Waals surface area contributed by atoms with Crippen molar-refractivity contribution in [1.29, 1.82) is 0 Å². The maximum Gasteiger partial charge on any atom is 0.223 e. The van der Waals surface area contributed by atoms with Crippen LogP contribution >= 0.6 is 0 Å². The first kappa shape index (κ1) is 11.6. The van der Waals surface area contributed by atoms with Gasteiger partial charge in [-0.25, -0.2) is 0 Å². The average molecular weight is 233 g/mol. The van der Waals surface area contributed by atoms with Crippen molar-refractivity contribution in [1.82, 2.24) is 10.1 Å². The first-order valence-corrected chi connectivity index (χ1v) is 5.49. The van der Waals surface area contributed by atoms with E-state index in [1.807, 2.05) is 24.3 Å². The summed E-state index contributed by atoms with van der Waals surface area (Å²) in [6.45, 7) is 2.72. The fraction of sp³-hybridized carbons (Fsp3) is 0.333. The molecule has 0 aliphatic heterocycles. The Kier molecular flexibility index (Phi) is 3.72. The van der Waals surface area contributed by atoms with Gasteiger partial charge in [0.1, 0.15) is 5.75 Å². The second-order valence-corrected chi connectivity index (χ2v) is 3.70. The molecule has 0 amide bonds. The van der Waals surface area contributed by atoms with Crippen molar-refractivity contribution in [3.8, 4) is 5.75 Å². The highest BCUT2D eigenvalue weighted by Gasteiger charge is 2.02. The summed E-state index contributed by atoms with van der Waals surface area (Å²) in [6, 6.07) is 7.84. The van der Waals surface area contributed by atoms with E-state index in [1.54, 1.807) is 6.92 Å². The van der Waals surface area contributed by atoms with Crippen molar-refractivity contribution in [2.75, 3.05) is 6.54 Å². The van der Waals surface area contributed by atoms with Gasteiger partial charge in [0.25, 0.3) is 0 Å². The second-order valence-electron chi connectivity index (χ2n) is 3.70. The van der Waals surface area contributed by atoms with Crippen LogP contribution in [0.4, 0.5) is 0 Å². The molecular weight excluding hydrogens is 218 g/mol. The molecule has 0 radical (unpaired) electrons. The molecule has 0 aliphatic rings. The minimum Gasteiger partial charge on any atom is -0.485 e. The number of ether oxygens (including phenoxy) is 1. The highest BCUT2D eigenvalue weighted by molar-refractivity contribution is 5.27. The predicted octanol–water partition coefficient (Wildman–Crippen LogP) is 1.46. The number of nitrogens with zero attached hydrogens (tertiary/aromatic N) is 2. The van der Waals surface area contributed by atoms with Crippen LogP contribution in [-0.4, -0.2) is 16.7 Å². The zero-order valence-electron chi connectivity index (χ0n) is 9.72. The number of rotatable bonds is 5. The van der Waals surface area contributed by atoms with Crippen LogP contribution in [0.15, 0.2) is 28.8 Å². The summed E-state index contributed by atoms with van der Waals surface area (Å²) in [6.07, 6.45) is 0.879. The number of aryl methyl sites for hydroxylation is 1. The van der Waals surface area contributed by atoms with Crippen molar-refractivity contribution in [2.24, 2.45) is 5.73 Å². The van der Waals surface area contributed by atoms with Crippen molar-refractivity contribution < 1.29 is 9.26 Å². The summed E-state index contributed by atoms with van der Waals surface area (Å²) >= 11 is 0. The molecule has 2 rings (SSSR count). The van der Waals surface area contributed by atoms with Gasteiger partial charge in [0.2, 0.25) is 11.7 Å². The summed E-state index contributed by atoms with van der Waals surface area (Å²) in [7, 11) is 0. The second kappa shape index (κ2) is 5.45. The lowest BCUT2D eigenvalue weighted by atomic mass is 10.1. The van der Waals surface area contributed by atoms with Crippen molar-refractivity contribution in [2.45, 2.75) is 20.0 Å². The normalized spacial score (nSPS) is 10.5. The Morgan fingerprint density at radius 1 is 1.29 bits per heavy atom. The van der Waals surface area contributed by atoms with Gasteiger partial charge in [-0.1, -0.05) is 17.3 Å². The summed E-state index contributed by atoms with van der Waals surface area (Å²) in [5.74, 6) is 1.88. The Hall–Kier alpha value is -1.88. The number of benzene rings is 1. The first-order chi connectivity index (χ1) is 8.28. The third-order valence-electron chi connectivity index (χ3n) is 2.29. The smallest absolute Gasteiger partial charge is 0.223 e. The maximum atomic E-state index is 5.52. The number of aromatic nitrogens is 2. The van der Waals surface area contributed by atoms with Crippen LogP contribution in [0.2, 0.25) is 0 Å². The van der Waals surface area contributed by atoms with E-state index < -0.39 is 0 Å². The topological polar surface area (TPSA) is 74.2 Å². The maximum absolute atomic E-state index is 5.52. The molecule has 0 unspecified atom stereocenters. The molecule has 0 aliphatic carbocycles.